The Morgan fingerprint density at radius 1 is 0.846 bits per heavy atom. The zero-order valence-electron chi connectivity index (χ0n) is 9.31. The predicted molar refractivity (Wildman–Crippen MR) is 57.7 cm³/mol. The second kappa shape index (κ2) is 3.63. The van der Waals surface area contributed by atoms with Gasteiger partial charge in [-0.25, -0.2) is 0 Å². The van der Waals surface area contributed by atoms with Crippen LogP contribution in [0.15, 0.2) is 0 Å². The lowest BCUT2D eigenvalue weighted by Gasteiger charge is -2.33. The molecule has 2 saturated carbocycles. The summed E-state index contributed by atoms with van der Waals surface area (Å²) in [5.74, 6) is 2.20. The van der Waals surface area contributed by atoms with Crippen LogP contribution in [-0.4, -0.2) is 0 Å². The molecular weight excluding hydrogens is 156 g/mol. The molecule has 2 atom stereocenters. The fraction of sp³-hybridized carbons (Fsp3) is 1.00. The highest BCUT2D eigenvalue weighted by molar-refractivity contribution is 4.84. The third-order valence-electron chi connectivity index (χ3n) is 4.31. The summed E-state index contributed by atoms with van der Waals surface area (Å²) in [5.41, 5.74) is 0.650. The van der Waals surface area contributed by atoms with Crippen molar-refractivity contribution in [2.45, 2.75) is 65.2 Å². The number of fused-ring (bicyclic) bond motifs is 1. The first-order valence-corrected chi connectivity index (χ1v) is 6.17. The molecular formula is C13H24. The van der Waals surface area contributed by atoms with Crippen molar-refractivity contribution in [2.24, 2.45) is 17.3 Å². The van der Waals surface area contributed by atoms with Gasteiger partial charge < -0.3 is 0 Å². The van der Waals surface area contributed by atoms with Gasteiger partial charge in [-0.1, -0.05) is 52.4 Å². The van der Waals surface area contributed by atoms with Gasteiger partial charge in [-0.15, -0.1) is 0 Å². The van der Waals surface area contributed by atoms with E-state index in [1.54, 1.807) is 6.42 Å². The molecule has 0 spiro atoms. The van der Waals surface area contributed by atoms with E-state index in [9.17, 15) is 0 Å². The Morgan fingerprint density at radius 2 is 1.46 bits per heavy atom. The lowest BCUT2D eigenvalue weighted by Crippen LogP contribution is -2.22. The first-order chi connectivity index (χ1) is 6.17. The van der Waals surface area contributed by atoms with Crippen LogP contribution in [0.25, 0.3) is 0 Å². The van der Waals surface area contributed by atoms with Crippen molar-refractivity contribution in [2.75, 3.05) is 0 Å². The third kappa shape index (κ3) is 2.27. The van der Waals surface area contributed by atoms with E-state index in [1.807, 2.05) is 0 Å². The van der Waals surface area contributed by atoms with Gasteiger partial charge in [-0.05, 0) is 30.1 Å². The molecule has 13 heavy (non-hydrogen) atoms. The molecule has 2 fully saturated rings. The normalized spacial score (nSPS) is 39.2. The Morgan fingerprint density at radius 3 is 2.23 bits per heavy atom. The average Bonchev–Trinajstić information content (AvgIpc) is 2.21. The van der Waals surface area contributed by atoms with Gasteiger partial charge in [0.25, 0.3) is 0 Å². The Hall–Kier alpha value is 0. The molecule has 2 rings (SSSR count). The van der Waals surface area contributed by atoms with Crippen molar-refractivity contribution in [3.63, 3.8) is 0 Å². The van der Waals surface area contributed by atoms with Crippen LogP contribution < -0.4 is 0 Å². The van der Waals surface area contributed by atoms with Gasteiger partial charge in [0.05, 0.1) is 0 Å². The molecule has 0 saturated heterocycles. The van der Waals surface area contributed by atoms with Crippen molar-refractivity contribution in [3.8, 4) is 0 Å². The number of hydrogen-bond acceptors (Lipinski definition) is 0. The SMILES string of the molecule is CC1(C)CCCC2CCCCC2C1. The fourth-order valence-corrected chi connectivity index (χ4v) is 3.59. The largest absolute Gasteiger partial charge is 0.0599 e. The highest BCUT2D eigenvalue weighted by atomic mass is 14.4. The van der Waals surface area contributed by atoms with Gasteiger partial charge in [-0.3, -0.25) is 0 Å². The summed E-state index contributed by atoms with van der Waals surface area (Å²) in [5, 5.41) is 0. The summed E-state index contributed by atoms with van der Waals surface area (Å²) < 4.78 is 0. The molecule has 0 amide bonds. The fourth-order valence-electron chi connectivity index (χ4n) is 3.59. The van der Waals surface area contributed by atoms with Crippen LogP contribution in [0.1, 0.15) is 65.2 Å². The topological polar surface area (TPSA) is 0 Å². The second-order valence-corrected chi connectivity index (χ2v) is 6.07. The molecule has 0 radical (unpaired) electrons. The molecule has 0 aromatic heterocycles. The van der Waals surface area contributed by atoms with Crippen molar-refractivity contribution in [1.29, 1.82) is 0 Å². The first-order valence-electron chi connectivity index (χ1n) is 6.17. The highest BCUT2D eigenvalue weighted by Crippen LogP contribution is 2.45. The first kappa shape index (κ1) is 9.55. The van der Waals surface area contributed by atoms with Crippen molar-refractivity contribution >= 4 is 0 Å². The minimum atomic E-state index is 0.650. The number of hydrogen-bond donors (Lipinski definition) is 0. The van der Waals surface area contributed by atoms with E-state index in [1.165, 1.54) is 44.9 Å². The van der Waals surface area contributed by atoms with Gasteiger partial charge in [0.15, 0.2) is 0 Å². The number of rotatable bonds is 0. The van der Waals surface area contributed by atoms with Crippen molar-refractivity contribution < 1.29 is 0 Å². The molecule has 2 aliphatic carbocycles. The zero-order valence-corrected chi connectivity index (χ0v) is 9.31. The predicted octanol–water partition coefficient (Wildman–Crippen LogP) is 4.39. The second-order valence-electron chi connectivity index (χ2n) is 6.07. The lowest BCUT2D eigenvalue weighted by molar-refractivity contribution is 0.180. The van der Waals surface area contributed by atoms with E-state index in [4.69, 9.17) is 0 Å². The Labute approximate surface area is 83.1 Å². The smallest absolute Gasteiger partial charge is 0.0351 e. The van der Waals surface area contributed by atoms with Crippen LogP contribution in [0.3, 0.4) is 0 Å². The minimum Gasteiger partial charge on any atom is -0.0599 e. The van der Waals surface area contributed by atoms with E-state index in [0.717, 1.165) is 11.8 Å². The molecule has 2 aliphatic rings. The van der Waals surface area contributed by atoms with E-state index < -0.39 is 0 Å². The maximum absolute atomic E-state index is 2.48. The van der Waals surface area contributed by atoms with Crippen LogP contribution >= 0.6 is 0 Å². The Balaban J connectivity index is 2.03. The molecule has 76 valence electrons. The summed E-state index contributed by atoms with van der Waals surface area (Å²) in [6, 6.07) is 0. The molecule has 0 nitrogen and oxygen atoms in total. The van der Waals surface area contributed by atoms with Gasteiger partial charge in [0, 0.05) is 0 Å². The molecule has 0 heterocycles. The van der Waals surface area contributed by atoms with Crippen molar-refractivity contribution in [1.82, 2.24) is 0 Å². The molecule has 0 heteroatoms. The molecule has 0 aliphatic heterocycles. The van der Waals surface area contributed by atoms with E-state index in [-0.39, 0.29) is 0 Å². The summed E-state index contributed by atoms with van der Waals surface area (Å²) in [6.45, 7) is 4.95. The summed E-state index contributed by atoms with van der Waals surface area (Å²) in [7, 11) is 0. The minimum absolute atomic E-state index is 0.650. The Kier molecular flexibility index (Phi) is 2.67. The maximum Gasteiger partial charge on any atom is -0.0351 e. The van der Waals surface area contributed by atoms with Crippen LogP contribution in [0.2, 0.25) is 0 Å². The monoisotopic (exact) mass is 180 g/mol. The molecule has 0 aromatic carbocycles. The zero-order chi connectivity index (χ0) is 9.31. The average molecular weight is 180 g/mol. The van der Waals surface area contributed by atoms with Gasteiger partial charge in [0.1, 0.15) is 0 Å². The Bertz CT molecular complexity index is 169. The summed E-state index contributed by atoms with van der Waals surface area (Å²) >= 11 is 0. The van der Waals surface area contributed by atoms with Gasteiger partial charge in [-0.2, -0.15) is 0 Å². The lowest BCUT2D eigenvalue weighted by atomic mass is 9.72. The maximum atomic E-state index is 2.48. The molecule has 0 N–H and O–H groups in total. The summed E-state index contributed by atoms with van der Waals surface area (Å²) in [4.78, 5) is 0. The van der Waals surface area contributed by atoms with Crippen LogP contribution in [0.4, 0.5) is 0 Å². The van der Waals surface area contributed by atoms with E-state index in [0.29, 0.717) is 5.41 Å². The van der Waals surface area contributed by atoms with Gasteiger partial charge >= 0.3 is 0 Å². The molecule has 0 aromatic rings. The quantitative estimate of drug-likeness (QED) is 0.518. The third-order valence-corrected chi connectivity index (χ3v) is 4.31. The highest BCUT2D eigenvalue weighted by Gasteiger charge is 2.33. The van der Waals surface area contributed by atoms with Crippen LogP contribution in [0, 0.1) is 17.3 Å². The van der Waals surface area contributed by atoms with Gasteiger partial charge in [0.2, 0.25) is 0 Å². The summed E-state index contributed by atoms with van der Waals surface area (Å²) in [6.07, 6.45) is 12.1. The van der Waals surface area contributed by atoms with E-state index >= 15 is 0 Å². The van der Waals surface area contributed by atoms with Crippen LogP contribution in [-0.2, 0) is 0 Å². The molecule has 0 bridgehead atoms. The standard InChI is InChI=1S/C13H24/c1-13(2)9-5-8-11-6-3-4-7-12(11)10-13/h11-12H,3-10H2,1-2H3. The molecule has 2 unspecified atom stereocenters. The van der Waals surface area contributed by atoms with E-state index in [2.05, 4.69) is 13.8 Å². The van der Waals surface area contributed by atoms with Crippen molar-refractivity contribution in [3.05, 3.63) is 0 Å². The van der Waals surface area contributed by atoms with Crippen LogP contribution in [0.5, 0.6) is 0 Å².